The van der Waals surface area contributed by atoms with Gasteiger partial charge in [0.15, 0.2) is 11.0 Å². The smallest absolute Gasteiger partial charge is 0.253 e. The van der Waals surface area contributed by atoms with Crippen molar-refractivity contribution in [3.63, 3.8) is 0 Å². The van der Waals surface area contributed by atoms with Crippen molar-refractivity contribution in [1.82, 2.24) is 20.1 Å². The zero-order valence-corrected chi connectivity index (χ0v) is 24.5. The third-order valence-corrected chi connectivity index (χ3v) is 7.35. The summed E-state index contributed by atoms with van der Waals surface area (Å²) in [6.45, 7) is 12.4. The highest BCUT2D eigenvalue weighted by Crippen LogP contribution is 2.28. The number of allylic oxidation sites excluding steroid dienone is 1. The summed E-state index contributed by atoms with van der Waals surface area (Å²) in [5, 5.41) is 15.8. The van der Waals surface area contributed by atoms with Gasteiger partial charge in [-0.25, -0.2) is 0 Å². The summed E-state index contributed by atoms with van der Waals surface area (Å²) in [4.78, 5) is 25.8. The first-order valence-electron chi connectivity index (χ1n) is 11.9. The molecule has 196 valence electrons. The van der Waals surface area contributed by atoms with Gasteiger partial charge in [0.2, 0.25) is 5.91 Å². The standard InChI is InChI=1S/C27H31BrClN5O2S/c1-6-11-34-25(22(12-16(2)3)30-26(36)20-9-7-8-10-21(20)29)32-33-27(34)37-15-23(35)31-24-17(4)13-19(28)14-18(24)5/h6-10,13-14,16,22H,1,11-12,15H2,2-5H3,(H,30,36)(H,31,35)/t22-/m1/s1. The number of carbonyl (C=O) groups is 2. The fourth-order valence-electron chi connectivity index (χ4n) is 3.96. The number of thioether (sulfide) groups is 1. The Kier molecular flexibility index (Phi) is 10.4. The normalized spacial score (nSPS) is 11.9. The minimum Gasteiger partial charge on any atom is -0.342 e. The van der Waals surface area contributed by atoms with Gasteiger partial charge in [0.1, 0.15) is 0 Å². The molecule has 0 aliphatic heterocycles. The van der Waals surface area contributed by atoms with Crippen LogP contribution >= 0.6 is 39.3 Å². The lowest BCUT2D eigenvalue weighted by Crippen LogP contribution is -2.32. The number of carbonyl (C=O) groups excluding carboxylic acids is 2. The summed E-state index contributed by atoms with van der Waals surface area (Å²) < 4.78 is 2.86. The molecule has 0 unspecified atom stereocenters. The molecule has 0 radical (unpaired) electrons. The van der Waals surface area contributed by atoms with Crippen molar-refractivity contribution >= 4 is 56.8 Å². The van der Waals surface area contributed by atoms with Crippen molar-refractivity contribution in [2.75, 3.05) is 11.1 Å². The van der Waals surface area contributed by atoms with Crippen LogP contribution in [0.3, 0.4) is 0 Å². The van der Waals surface area contributed by atoms with Crippen LogP contribution in [0.15, 0.2) is 58.7 Å². The molecule has 10 heteroatoms. The molecule has 0 aliphatic carbocycles. The Morgan fingerprint density at radius 2 is 1.86 bits per heavy atom. The maximum atomic E-state index is 13.0. The molecule has 0 saturated carbocycles. The quantitative estimate of drug-likeness (QED) is 0.187. The highest BCUT2D eigenvalue weighted by molar-refractivity contribution is 9.10. The zero-order chi connectivity index (χ0) is 27.1. The Labute approximate surface area is 235 Å². The molecule has 0 spiro atoms. The first-order chi connectivity index (χ1) is 17.6. The minimum absolute atomic E-state index is 0.140. The number of aryl methyl sites for hydroxylation is 2. The molecule has 2 amide bonds. The van der Waals surface area contributed by atoms with E-state index in [4.69, 9.17) is 11.6 Å². The van der Waals surface area contributed by atoms with Gasteiger partial charge in [-0.2, -0.15) is 0 Å². The van der Waals surface area contributed by atoms with Crippen molar-refractivity contribution in [3.8, 4) is 0 Å². The average Bonchev–Trinajstić information content (AvgIpc) is 3.22. The maximum Gasteiger partial charge on any atom is 0.253 e. The van der Waals surface area contributed by atoms with Gasteiger partial charge in [-0.3, -0.25) is 9.59 Å². The molecule has 0 aliphatic rings. The van der Waals surface area contributed by atoms with Gasteiger partial charge in [0.25, 0.3) is 5.91 Å². The Morgan fingerprint density at radius 3 is 2.49 bits per heavy atom. The molecule has 0 saturated heterocycles. The summed E-state index contributed by atoms with van der Waals surface area (Å²) in [7, 11) is 0. The second kappa shape index (κ2) is 13.3. The molecule has 7 nitrogen and oxygen atoms in total. The predicted octanol–water partition coefficient (Wildman–Crippen LogP) is 6.74. The summed E-state index contributed by atoms with van der Waals surface area (Å²) in [5.74, 6) is 0.629. The second-order valence-corrected chi connectivity index (χ2v) is 11.4. The highest BCUT2D eigenvalue weighted by Gasteiger charge is 2.25. The molecule has 1 heterocycles. The average molecular weight is 605 g/mol. The number of nitrogens with one attached hydrogen (secondary N) is 2. The molecule has 1 atom stereocenters. The summed E-state index contributed by atoms with van der Waals surface area (Å²) >= 11 is 11.0. The lowest BCUT2D eigenvalue weighted by atomic mass is 10.0. The summed E-state index contributed by atoms with van der Waals surface area (Å²) in [6.07, 6.45) is 2.40. The molecular formula is C27H31BrClN5O2S. The number of halogens is 2. The van der Waals surface area contributed by atoms with E-state index in [0.717, 1.165) is 21.3 Å². The number of anilines is 1. The van der Waals surface area contributed by atoms with Crippen molar-refractivity contribution in [3.05, 3.63) is 81.1 Å². The van der Waals surface area contributed by atoms with Crippen LogP contribution in [0.1, 0.15) is 53.6 Å². The lowest BCUT2D eigenvalue weighted by Gasteiger charge is -2.21. The van der Waals surface area contributed by atoms with Crippen molar-refractivity contribution < 1.29 is 9.59 Å². The summed E-state index contributed by atoms with van der Waals surface area (Å²) in [6, 6.07) is 10.5. The van der Waals surface area contributed by atoms with Crippen molar-refractivity contribution in [2.24, 2.45) is 5.92 Å². The van der Waals surface area contributed by atoms with Gasteiger partial charge in [-0.15, -0.1) is 16.8 Å². The molecule has 2 aromatic carbocycles. The van der Waals surface area contributed by atoms with E-state index in [0.29, 0.717) is 34.5 Å². The van der Waals surface area contributed by atoms with E-state index >= 15 is 0 Å². The molecule has 1 aromatic heterocycles. The van der Waals surface area contributed by atoms with Crippen LogP contribution in [0, 0.1) is 19.8 Å². The van der Waals surface area contributed by atoms with Crippen molar-refractivity contribution in [2.45, 2.75) is 51.9 Å². The SMILES string of the molecule is C=CCn1c(SCC(=O)Nc2c(C)cc(Br)cc2C)nnc1[C@@H](CC(C)C)NC(=O)c1ccccc1Cl. The third kappa shape index (κ3) is 7.69. The van der Waals surface area contributed by atoms with E-state index in [1.807, 2.05) is 30.5 Å². The monoisotopic (exact) mass is 603 g/mol. The Balaban J connectivity index is 1.79. The van der Waals surface area contributed by atoms with Gasteiger partial charge in [-0.1, -0.05) is 71.3 Å². The van der Waals surface area contributed by atoms with E-state index < -0.39 is 6.04 Å². The Morgan fingerprint density at radius 1 is 1.19 bits per heavy atom. The molecule has 3 aromatic rings. The number of benzene rings is 2. The number of nitrogens with zero attached hydrogens (tertiary/aromatic N) is 3. The molecular weight excluding hydrogens is 574 g/mol. The van der Waals surface area contributed by atoms with Crippen LogP contribution in [0.5, 0.6) is 0 Å². The Bertz CT molecular complexity index is 1270. The predicted molar refractivity (Wildman–Crippen MR) is 154 cm³/mol. The lowest BCUT2D eigenvalue weighted by molar-refractivity contribution is -0.113. The van der Waals surface area contributed by atoms with Gasteiger partial charge in [0, 0.05) is 16.7 Å². The number of amides is 2. The second-order valence-electron chi connectivity index (χ2n) is 9.13. The van der Waals surface area contributed by atoms with Gasteiger partial charge < -0.3 is 15.2 Å². The fourth-order valence-corrected chi connectivity index (χ4v) is 5.62. The topological polar surface area (TPSA) is 88.9 Å². The van der Waals surface area contributed by atoms with E-state index in [1.165, 1.54) is 11.8 Å². The molecule has 0 fully saturated rings. The van der Waals surface area contributed by atoms with E-state index in [2.05, 4.69) is 57.2 Å². The Hall–Kier alpha value is -2.62. The van der Waals surface area contributed by atoms with E-state index in [9.17, 15) is 9.59 Å². The van der Waals surface area contributed by atoms with E-state index in [-0.39, 0.29) is 23.5 Å². The molecule has 0 bridgehead atoms. The van der Waals surface area contributed by atoms with Gasteiger partial charge in [0.05, 0.1) is 22.4 Å². The van der Waals surface area contributed by atoms with Crippen LogP contribution in [0.4, 0.5) is 5.69 Å². The van der Waals surface area contributed by atoms with Crippen LogP contribution in [-0.4, -0.2) is 32.3 Å². The largest absolute Gasteiger partial charge is 0.342 e. The number of hydrogen-bond donors (Lipinski definition) is 2. The van der Waals surface area contributed by atoms with Crippen LogP contribution in [0.25, 0.3) is 0 Å². The maximum absolute atomic E-state index is 13.0. The number of rotatable bonds is 11. The third-order valence-electron chi connectivity index (χ3n) is 5.59. The number of aromatic nitrogens is 3. The van der Waals surface area contributed by atoms with Crippen LogP contribution in [-0.2, 0) is 11.3 Å². The van der Waals surface area contributed by atoms with Gasteiger partial charge in [-0.05, 0) is 61.6 Å². The highest BCUT2D eigenvalue weighted by atomic mass is 79.9. The molecule has 3 rings (SSSR count). The molecule has 2 N–H and O–H groups in total. The first-order valence-corrected chi connectivity index (χ1v) is 14.0. The molecule has 37 heavy (non-hydrogen) atoms. The van der Waals surface area contributed by atoms with Crippen LogP contribution in [0.2, 0.25) is 5.02 Å². The van der Waals surface area contributed by atoms with Crippen LogP contribution < -0.4 is 10.6 Å². The minimum atomic E-state index is -0.396. The van der Waals surface area contributed by atoms with E-state index in [1.54, 1.807) is 30.3 Å². The first kappa shape index (κ1) is 28.9. The van der Waals surface area contributed by atoms with Gasteiger partial charge >= 0.3 is 0 Å². The summed E-state index contributed by atoms with van der Waals surface area (Å²) in [5.41, 5.74) is 3.17. The zero-order valence-electron chi connectivity index (χ0n) is 21.3. The van der Waals surface area contributed by atoms with Crippen molar-refractivity contribution in [1.29, 1.82) is 0 Å². The number of hydrogen-bond acceptors (Lipinski definition) is 5. The fraction of sp³-hybridized carbons (Fsp3) is 0.333.